The van der Waals surface area contributed by atoms with Crippen molar-refractivity contribution in [2.75, 3.05) is 19.5 Å². The average molecular weight is 551 g/mol. The molecule has 0 saturated heterocycles. The average Bonchev–Trinajstić information content (AvgIpc) is 3.52. The number of thiazole rings is 1. The van der Waals surface area contributed by atoms with Gasteiger partial charge >= 0.3 is 0 Å². The topological polar surface area (TPSA) is 74.5 Å². The fourth-order valence-corrected chi connectivity index (χ4v) is 6.69. The van der Waals surface area contributed by atoms with Crippen LogP contribution in [0.5, 0.6) is 11.5 Å². The molecule has 1 aromatic heterocycles. The van der Waals surface area contributed by atoms with Gasteiger partial charge in [0.1, 0.15) is 17.2 Å². The quantitative estimate of drug-likeness (QED) is 0.310. The second-order valence-corrected chi connectivity index (χ2v) is 11.6. The molecule has 5 rings (SSSR count). The molecule has 1 saturated carbocycles. The van der Waals surface area contributed by atoms with Crippen LogP contribution in [0.4, 0.5) is 10.8 Å². The Morgan fingerprint density at radius 3 is 2.58 bits per heavy atom. The number of methoxy groups -OCH3 is 2. The predicted octanol–water partition coefficient (Wildman–Crippen LogP) is 7.84. The van der Waals surface area contributed by atoms with Gasteiger partial charge in [0.15, 0.2) is 5.13 Å². The number of hydrogen-bond donors (Lipinski definition) is 1. The van der Waals surface area contributed by atoms with Crippen molar-refractivity contribution in [1.82, 2.24) is 10.3 Å². The predicted molar refractivity (Wildman–Crippen MR) is 155 cm³/mol. The molecule has 0 atom stereocenters. The first-order chi connectivity index (χ1) is 18.4. The number of hydrogen-bond acceptors (Lipinski definition) is 5. The largest absolute Gasteiger partial charge is 0.496 e. The maximum Gasteiger partial charge on any atom is 0.276 e. The standard InChI is InChI=1S/C30H33ClN3O3S/c1-17-12-18(2)27-20(13-17)14-23(32-27)29(35)34-30-33-28(21-15-25(37-4)22(31)16-24(21)36-3)26(38-30)11-10-19-8-6-5-7-9-19/h12-16,19H,5-11H2,1-4H3,(H,33,34,35). The van der Waals surface area contributed by atoms with Gasteiger partial charge in [0, 0.05) is 22.1 Å². The van der Waals surface area contributed by atoms with E-state index in [1.165, 1.54) is 43.4 Å². The summed E-state index contributed by atoms with van der Waals surface area (Å²) in [7, 11) is 3.21. The van der Waals surface area contributed by atoms with E-state index in [-0.39, 0.29) is 5.91 Å². The Morgan fingerprint density at radius 2 is 1.84 bits per heavy atom. The summed E-state index contributed by atoms with van der Waals surface area (Å²) in [5, 5.41) is 8.63. The lowest BCUT2D eigenvalue weighted by Crippen LogP contribution is -2.17. The van der Waals surface area contributed by atoms with Gasteiger partial charge in [-0.1, -0.05) is 55.3 Å². The first-order valence-corrected chi connectivity index (χ1v) is 14.3. The van der Waals surface area contributed by atoms with E-state index in [2.05, 4.69) is 22.8 Å². The molecular weight excluding hydrogens is 518 g/mol. The number of aromatic nitrogens is 1. The first-order valence-electron chi connectivity index (χ1n) is 13.1. The Morgan fingerprint density at radius 1 is 1.08 bits per heavy atom. The Hall–Kier alpha value is -3.03. The fourth-order valence-electron chi connectivity index (χ4n) is 5.47. The number of aryl methyl sites for hydroxylation is 3. The molecule has 1 N–H and O–H groups in total. The van der Waals surface area contributed by atoms with Gasteiger partial charge in [0.2, 0.25) is 0 Å². The molecule has 38 heavy (non-hydrogen) atoms. The molecule has 1 aliphatic heterocycles. The van der Waals surface area contributed by atoms with Gasteiger partial charge in [-0.3, -0.25) is 10.1 Å². The normalized spacial score (nSPS) is 15.0. The molecule has 0 spiro atoms. The van der Waals surface area contributed by atoms with Crippen LogP contribution in [-0.2, 0) is 11.2 Å². The SMILES string of the molecule is COc1cc(-c2nc(NC(=O)C3=Cc4cc(C)cc(C)c4[N]3)sc2CCC2CCCCC2)c(OC)cc1Cl. The van der Waals surface area contributed by atoms with Crippen molar-refractivity contribution in [2.24, 2.45) is 5.92 Å². The van der Waals surface area contributed by atoms with Crippen molar-refractivity contribution >= 4 is 45.7 Å². The second-order valence-electron chi connectivity index (χ2n) is 10.1. The number of anilines is 1. The van der Waals surface area contributed by atoms with E-state index in [1.807, 2.05) is 26.0 Å². The van der Waals surface area contributed by atoms with Crippen LogP contribution in [0, 0.1) is 19.8 Å². The van der Waals surface area contributed by atoms with E-state index in [4.69, 9.17) is 26.1 Å². The summed E-state index contributed by atoms with van der Waals surface area (Å²) in [5.41, 5.74) is 6.01. The van der Waals surface area contributed by atoms with E-state index >= 15 is 0 Å². The minimum atomic E-state index is -0.266. The number of carbonyl (C=O) groups is 1. The van der Waals surface area contributed by atoms with Crippen LogP contribution in [0.1, 0.15) is 60.1 Å². The molecule has 8 heteroatoms. The van der Waals surface area contributed by atoms with Crippen molar-refractivity contribution in [1.29, 1.82) is 0 Å². The van der Waals surface area contributed by atoms with Crippen LogP contribution in [0.2, 0.25) is 5.02 Å². The third kappa shape index (κ3) is 5.54. The van der Waals surface area contributed by atoms with Crippen LogP contribution in [-0.4, -0.2) is 25.1 Å². The van der Waals surface area contributed by atoms with Crippen molar-refractivity contribution in [3.8, 4) is 22.8 Å². The third-order valence-corrected chi connectivity index (χ3v) is 8.71. The monoisotopic (exact) mass is 550 g/mol. The zero-order valence-corrected chi connectivity index (χ0v) is 23.9. The number of carbonyl (C=O) groups excluding carboxylic acids is 1. The Balaban J connectivity index is 1.44. The lowest BCUT2D eigenvalue weighted by atomic mass is 9.86. The number of benzene rings is 2. The Kier molecular flexibility index (Phi) is 7.96. The summed E-state index contributed by atoms with van der Waals surface area (Å²) in [5.74, 6) is 1.63. The van der Waals surface area contributed by atoms with Crippen LogP contribution < -0.4 is 20.1 Å². The molecule has 2 aromatic carbocycles. The minimum Gasteiger partial charge on any atom is -0.496 e. The number of fused-ring (bicyclic) bond motifs is 1. The zero-order valence-electron chi connectivity index (χ0n) is 22.3. The lowest BCUT2D eigenvalue weighted by Gasteiger charge is -2.21. The van der Waals surface area contributed by atoms with Gasteiger partial charge in [-0.15, -0.1) is 11.3 Å². The number of ether oxygens (including phenoxy) is 2. The number of nitrogens with one attached hydrogen (secondary N) is 1. The highest BCUT2D eigenvalue weighted by molar-refractivity contribution is 7.16. The van der Waals surface area contributed by atoms with Crippen molar-refractivity contribution in [3.63, 3.8) is 0 Å². The van der Waals surface area contributed by atoms with Crippen LogP contribution in [0.25, 0.3) is 17.3 Å². The lowest BCUT2D eigenvalue weighted by molar-refractivity contribution is -0.113. The molecule has 0 bridgehead atoms. The van der Waals surface area contributed by atoms with Crippen molar-refractivity contribution in [3.05, 3.63) is 56.6 Å². The van der Waals surface area contributed by atoms with Gasteiger partial charge in [0.05, 0.1) is 30.6 Å². The van der Waals surface area contributed by atoms with Gasteiger partial charge < -0.3 is 9.47 Å². The highest BCUT2D eigenvalue weighted by atomic mass is 35.5. The van der Waals surface area contributed by atoms with E-state index in [0.717, 1.165) is 57.3 Å². The summed E-state index contributed by atoms with van der Waals surface area (Å²) in [6.07, 6.45) is 10.4. The van der Waals surface area contributed by atoms with Crippen molar-refractivity contribution in [2.45, 2.75) is 58.8 Å². The fraction of sp³-hybridized carbons (Fsp3) is 0.400. The molecular formula is C30H33ClN3O3S. The molecule has 2 heterocycles. The van der Waals surface area contributed by atoms with Gasteiger partial charge in [-0.05, 0) is 56.4 Å². The highest BCUT2D eigenvalue weighted by Crippen LogP contribution is 2.43. The molecule has 0 unspecified atom stereocenters. The highest BCUT2D eigenvalue weighted by Gasteiger charge is 2.25. The first kappa shape index (κ1) is 26.6. The molecule has 1 amide bonds. The Labute approximate surface area is 233 Å². The second kappa shape index (κ2) is 11.4. The van der Waals surface area contributed by atoms with Crippen molar-refractivity contribution < 1.29 is 14.3 Å². The summed E-state index contributed by atoms with van der Waals surface area (Å²) < 4.78 is 11.2. The van der Waals surface area contributed by atoms with E-state index in [9.17, 15) is 4.79 Å². The third-order valence-electron chi connectivity index (χ3n) is 7.38. The molecule has 3 aromatic rings. The molecule has 1 aliphatic carbocycles. The Bertz CT molecular complexity index is 1390. The van der Waals surface area contributed by atoms with Gasteiger partial charge in [0.25, 0.3) is 5.91 Å². The molecule has 6 nitrogen and oxygen atoms in total. The van der Waals surface area contributed by atoms with E-state index < -0.39 is 0 Å². The summed E-state index contributed by atoms with van der Waals surface area (Å²) >= 11 is 7.89. The number of rotatable bonds is 8. The number of halogens is 1. The minimum absolute atomic E-state index is 0.266. The number of nitrogens with zero attached hydrogens (tertiary/aromatic N) is 2. The maximum absolute atomic E-state index is 13.2. The van der Waals surface area contributed by atoms with Gasteiger partial charge in [-0.2, -0.15) is 0 Å². The maximum atomic E-state index is 13.2. The van der Waals surface area contributed by atoms with E-state index in [0.29, 0.717) is 27.4 Å². The zero-order chi connectivity index (χ0) is 26.8. The van der Waals surface area contributed by atoms with E-state index in [1.54, 1.807) is 20.3 Å². The van der Waals surface area contributed by atoms with Crippen LogP contribution >= 0.6 is 22.9 Å². The summed E-state index contributed by atoms with van der Waals surface area (Å²) in [6, 6.07) is 7.75. The molecule has 1 fully saturated rings. The van der Waals surface area contributed by atoms with Crippen LogP contribution in [0.15, 0.2) is 30.0 Å². The smallest absolute Gasteiger partial charge is 0.276 e. The molecule has 199 valence electrons. The summed E-state index contributed by atoms with van der Waals surface area (Å²) in [6.45, 7) is 4.06. The summed E-state index contributed by atoms with van der Waals surface area (Å²) in [4.78, 5) is 19.2. The number of amides is 1. The molecule has 1 radical (unpaired) electrons. The van der Waals surface area contributed by atoms with Crippen LogP contribution in [0.3, 0.4) is 0 Å². The molecule has 2 aliphatic rings. The van der Waals surface area contributed by atoms with Gasteiger partial charge in [-0.25, -0.2) is 10.3 Å².